The van der Waals surface area contributed by atoms with Crippen LogP contribution in [0.15, 0.2) is 29.8 Å². The van der Waals surface area contributed by atoms with E-state index < -0.39 is 5.97 Å². The molecule has 0 unspecified atom stereocenters. The van der Waals surface area contributed by atoms with Crippen molar-refractivity contribution in [3.05, 3.63) is 35.4 Å². The van der Waals surface area contributed by atoms with Gasteiger partial charge >= 0.3 is 5.97 Å². The summed E-state index contributed by atoms with van der Waals surface area (Å²) in [5, 5.41) is 8.79. The highest BCUT2D eigenvalue weighted by Crippen LogP contribution is 2.20. The molecule has 0 saturated carbocycles. The molecule has 1 aromatic rings. The first-order valence-corrected chi connectivity index (χ1v) is 4.70. The first kappa shape index (κ1) is 11.3. The second kappa shape index (κ2) is 4.64. The quantitative estimate of drug-likeness (QED) is 0.769. The Balaban J connectivity index is 3.14. The predicted octanol–water partition coefficient (Wildman–Crippen LogP) is 2.24. The lowest BCUT2D eigenvalue weighted by atomic mass is 10.1. The van der Waals surface area contributed by atoms with Gasteiger partial charge in [0, 0.05) is 25.4 Å². The third-order valence-corrected chi connectivity index (χ3v) is 2.13. The molecule has 0 spiro atoms. The number of hydrogen-bond acceptors (Lipinski definition) is 2. The van der Waals surface area contributed by atoms with E-state index in [9.17, 15) is 4.79 Å². The fraction of sp³-hybridized carbons (Fsp3) is 0.250. The number of para-hydroxylation sites is 1. The third-order valence-electron chi connectivity index (χ3n) is 2.13. The van der Waals surface area contributed by atoms with E-state index in [1.54, 1.807) is 13.0 Å². The number of nitrogens with zero attached hydrogens (tertiary/aromatic N) is 1. The normalized spacial score (nSPS) is 11.3. The molecule has 0 amide bonds. The number of carboxylic acid groups (broad SMARTS) is 1. The van der Waals surface area contributed by atoms with Crippen molar-refractivity contribution in [3.8, 4) is 0 Å². The standard InChI is InChI=1S/C12H15NO2/c1-9(12(14)15)8-10-6-4-5-7-11(10)13(2)3/h4-8H,1-3H3,(H,14,15)/b9-8+. The largest absolute Gasteiger partial charge is 0.478 e. The number of rotatable bonds is 3. The highest BCUT2D eigenvalue weighted by molar-refractivity contribution is 5.92. The number of benzene rings is 1. The lowest BCUT2D eigenvalue weighted by molar-refractivity contribution is -0.132. The van der Waals surface area contributed by atoms with Crippen molar-refractivity contribution in [3.63, 3.8) is 0 Å². The van der Waals surface area contributed by atoms with Crippen LogP contribution in [0.25, 0.3) is 6.08 Å². The van der Waals surface area contributed by atoms with Crippen molar-refractivity contribution in [1.82, 2.24) is 0 Å². The molecule has 0 fully saturated rings. The zero-order chi connectivity index (χ0) is 11.4. The van der Waals surface area contributed by atoms with Gasteiger partial charge in [0.25, 0.3) is 0 Å². The SMILES string of the molecule is C/C(=C\c1ccccc1N(C)C)C(=O)O. The highest BCUT2D eigenvalue weighted by Gasteiger charge is 2.04. The maximum Gasteiger partial charge on any atom is 0.331 e. The lowest BCUT2D eigenvalue weighted by Gasteiger charge is -2.15. The highest BCUT2D eigenvalue weighted by atomic mass is 16.4. The van der Waals surface area contributed by atoms with Crippen LogP contribution < -0.4 is 4.90 Å². The summed E-state index contributed by atoms with van der Waals surface area (Å²) in [5.74, 6) is -0.886. The molecule has 15 heavy (non-hydrogen) atoms. The minimum atomic E-state index is -0.886. The van der Waals surface area contributed by atoms with Gasteiger partial charge in [-0.1, -0.05) is 18.2 Å². The van der Waals surface area contributed by atoms with Gasteiger partial charge in [0.05, 0.1) is 0 Å². The van der Waals surface area contributed by atoms with Crippen molar-refractivity contribution in [1.29, 1.82) is 0 Å². The number of hydrogen-bond donors (Lipinski definition) is 1. The van der Waals surface area contributed by atoms with E-state index >= 15 is 0 Å². The Hall–Kier alpha value is -1.77. The van der Waals surface area contributed by atoms with Crippen molar-refractivity contribution >= 4 is 17.7 Å². The van der Waals surface area contributed by atoms with Crippen LogP contribution in [0.3, 0.4) is 0 Å². The molecule has 0 aromatic heterocycles. The second-order valence-electron chi connectivity index (χ2n) is 3.59. The topological polar surface area (TPSA) is 40.5 Å². The van der Waals surface area contributed by atoms with Gasteiger partial charge in [0.15, 0.2) is 0 Å². The molecule has 1 rings (SSSR count). The summed E-state index contributed by atoms with van der Waals surface area (Å²) in [4.78, 5) is 12.7. The molecule has 1 aromatic carbocycles. The first-order valence-electron chi connectivity index (χ1n) is 4.70. The fourth-order valence-electron chi connectivity index (χ4n) is 1.31. The van der Waals surface area contributed by atoms with Crippen LogP contribution in [0.2, 0.25) is 0 Å². The molecule has 0 radical (unpaired) electrons. The van der Waals surface area contributed by atoms with Crippen LogP contribution in [0.1, 0.15) is 12.5 Å². The summed E-state index contributed by atoms with van der Waals surface area (Å²) in [6, 6.07) is 7.69. The molecular weight excluding hydrogens is 190 g/mol. The van der Waals surface area contributed by atoms with E-state index in [1.165, 1.54) is 0 Å². The van der Waals surface area contributed by atoms with Gasteiger partial charge in [-0.2, -0.15) is 0 Å². The molecule has 80 valence electrons. The first-order chi connectivity index (χ1) is 7.02. The third kappa shape index (κ3) is 2.84. The molecule has 0 bridgehead atoms. The Kier molecular flexibility index (Phi) is 3.50. The minimum absolute atomic E-state index is 0.337. The molecule has 0 aliphatic carbocycles. The van der Waals surface area contributed by atoms with Crippen molar-refractivity contribution < 1.29 is 9.90 Å². The molecule has 3 heteroatoms. The van der Waals surface area contributed by atoms with Gasteiger partial charge in [0.1, 0.15) is 0 Å². The predicted molar refractivity (Wildman–Crippen MR) is 62.1 cm³/mol. The van der Waals surface area contributed by atoms with Crippen LogP contribution in [-0.2, 0) is 4.79 Å². The summed E-state index contributed by atoms with van der Waals surface area (Å²) in [5.41, 5.74) is 2.27. The molecule has 0 aliphatic heterocycles. The maximum absolute atomic E-state index is 10.7. The smallest absolute Gasteiger partial charge is 0.331 e. The van der Waals surface area contributed by atoms with Gasteiger partial charge in [-0.05, 0) is 24.6 Å². The van der Waals surface area contributed by atoms with Gasteiger partial charge < -0.3 is 10.0 Å². The summed E-state index contributed by atoms with van der Waals surface area (Å²) in [7, 11) is 3.87. The number of carboxylic acids is 1. The Morgan fingerprint density at radius 1 is 1.33 bits per heavy atom. The Bertz CT molecular complexity index is 394. The summed E-state index contributed by atoms with van der Waals surface area (Å²) >= 11 is 0. The molecule has 0 heterocycles. The Labute approximate surface area is 89.6 Å². The molecule has 0 atom stereocenters. The summed E-state index contributed by atoms with van der Waals surface area (Å²) in [6.45, 7) is 1.59. The molecule has 3 nitrogen and oxygen atoms in total. The van der Waals surface area contributed by atoms with Gasteiger partial charge in [0.2, 0.25) is 0 Å². The number of carbonyl (C=O) groups is 1. The molecular formula is C12H15NO2. The Morgan fingerprint density at radius 2 is 1.93 bits per heavy atom. The number of anilines is 1. The lowest BCUT2D eigenvalue weighted by Crippen LogP contribution is -2.10. The average Bonchev–Trinajstić information content (AvgIpc) is 2.18. The second-order valence-corrected chi connectivity index (χ2v) is 3.59. The van der Waals surface area contributed by atoms with E-state index in [4.69, 9.17) is 5.11 Å². The van der Waals surface area contributed by atoms with Crippen LogP contribution in [0.4, 0.5) is 5.69 Å². The van der Waals surface area contributed by atoms with E-state index in [1.807, 2.05) is 43.3 Å². The van der Waals surface area contributed by atoms with Crippen LogP contribution in [0, 0.1) is 0 Å². The molecule has 1 N–H and O–H groups in total. The van der Waals surface area contributed by atoms with E-state index in [0.29, 0.717) is 5.57 Å². The van der Waals surface area contributed by atoms with Crippen molar-refractivity contribution in [2.75, 3.05) is 19.0 Å². The van der Waals surface area contributed by atoms with Crippen LogP contribution >= 0.6 is 0 Å². The van der Waals surface area contributed by atoms with Crippen LogP contribution in [-0.4, -0.2) is 25.2 Å². The number of aliphatic carboxylic acids is 1. The summed E-state index contributed by atoms with van der Waals surface area (Å²) in [6.07, 6.45) is 1.68. The maximum atomic E-state index is 10.7. The van der Waals surface area contributed by atoms with Crippen molar-refractivity contribution in [2.45, 2.75) is 6.92 Å². The zero-order valence-electron chi connectivity index (χ0n) is 9.19. The molecule has 0 saturated heterocycles. The minimum Gasteiger partial charge on any atom is -0.478 e. The summed E-state index contributed by atoms with van der Waals surface area (Å²) < 4.78 is 0. The molecule has 0 aliphatic rings. The zero-order valence-corrected chi connectivity index (χ0v) is 9.19. The van der Waals surface area contributed by atoms with Gasteiger partial charge in [-0.15, -0.1) is 0 Å². The van der Waals surface area contributed by atoms with E-state index in [2.05, 4.69) is 0 Å². The van der Waals surface area contributed by atoms with E-state index in [0.717, 1.165) is 11.3 Å². The average molecular weight is 205 g/mol. The fourth-order valence-corrected chi connectivity index (χ4v) is 1.31. The van der Waals surface area contributed by atoms with Crippen LogP contribution in [0.5, 0.6) is 0 Å². The van der Waals surface area contributed by atoms with Gasteiger partial charge in [-0.3, -0.25) is 0 Å². The Morgan fingerprint density at radius 3 is 2.47 bits per heavy atom. The van der Waals surface area contributed by atoms with Gasteiger partial charge in [-0.25, -0.2) is 4.79 Å². The monoisotopic (exact) mass is 205 g/mol. The van der Waals surface area contributed by atoms with Crippen molar-refractivity contribution in [2.24, 2.45) is 0 Å². The van der Waals surface area contributed by atoms with E-state index in [-0.39, 0.29) is 0 Å².